The highest BCUT2D eigenvalue weighted by atomic mass is 79.9. The number of hydrogen-bond donors (Lipinski definition) is 1. The van der Waals surface area contributed by atoms with Gasteiger partial charge in [0.2, 0.25) is 0 Å². The van der Waals surface area contributed by atoms with E-state index in [1.807, 2.05) is 30.5 Å². The van der Waals surface area contributed by atoms with Gasteiger partial charge in [0.15, 0.2) is 0 Å². The largest absolute Gasteiger partial charge is 0.396 e. The number of benzene rings is 1. The molecule has 0 bridgehead atoms. The van der Waals surface area contributed by atoms with Crippen molar-refractivity contribution in [3.05, 3.63) is 46.7 Å². The van der Waals surface area contributed by atoms with Crippen molar-refractivity contribution in [3.63, 3.8) is 0 Å². The molecular formula is C11H11BrN2O. The van der Waals surface area contributed by atoms with Gasteiger partial charge >= 0.3 is 0 Å². The molecule has 0 unspecified atom stereocenters. The van der Waals surface area contributed by atoms with Crippen molar-refractivity contribution in [2.24, 2.45) is 0 Å². The minimum atomic E-state index is 0.144. The van der Waals surface area contributed by atoms with E-state index in [4.69, 9.17) is 5.11 Å². The Hall–Kier alpha value is -1.13. The van der Waals surface area contributed by atoms with Crippen LogP contribution in [-0.2, 0) is 6.42 Å². The molecule has 0 amide bonds. The number of hydrogen-bond acceptors (Lipinski definition) is 2. The van der Waals surface area contributed by atoms with Crippen LogP contribution in [0.25, 0.3) is 5.69 Å². The van der Waals surface area contributed by atoms with Crippen LogP contribution in [0.15, 0.2) is 41.1 Å². The Kier molecular flexibility index (Phi) is 3.18. The lowest BCUT2D eigenvalue weighted by Crippen LogP contribution is -2.02. The normalized spacial score (nSPS) is 10.5. The van der Waals surface area contributed by atoms with Crippen LogP contribution < -0.4 is 0 Å². The van der Waals surface area contributed by atoms with Crippen molar-refractivity contribution in [1.29, 1.82) is 0 Å². The van der Waals surface area contributed by atoms with Crippen LogP contribution in [0.4, 0.5) is 0 Å². The minimum absolute atomic E-state index is 0.144. The second kappa shape index (κ2) is 4.59. The van der Waals surface area contributed by atoms with Gasteiger partial charge in [0, 0.05) is 23.5 Å². The van der Waals surface area contributed by atoms with E-state index in [0.29, 0.717) is 6.42 Å². The summed E-state index contributed by atoms with van der Waals surface area (Å²) in [5, 5.41) is 13.2. The summed E-state index contributed by atoms with van der Waals surface area (Å²) in [6.45, 7) is 0.144. The molecule has 4 heteroatoms. The maximum atomic E-state index is 8.99. The van der Waals surface area contributed by atoms with Gasteiger partial charge < -0.3 is 5.11 Å². The first-order valence-corrected chi connectivity index (χ1v) is 5.50. The molecule has 3 nitrogen and oxygen atoms in total. The van der Waals surface area contributed by atoms with Gasteiger partial charge in [0.1, 0.15) is 0 Å². The van der Waals surface area contributed by atoms with Crippen LogP contribution in [0, 0.1) is 0 Å². The first kappa shape index (κ1) is 10.4. The molecular weight excluding hydrogens is 256 g/mol. The number of rotatable bonds is 3. The number of nitrogens with zero attached hydrogens (tertiary/aromatic N) is 2. The van der Waals surface area contributed by atoms with Crippen LogP contribution in [0.2, 0.25) is 0 Å². The molecule has 2 rings (SSSR count). The number of aliphatic hydroxyl groups is 1. The number of halogens is 1. The Morgan fingerprint density at radius 3 is 2.93 bits per heavy atom. The highest BCUT2D eigenvalue weighted by Gasteiger charge is 2.04. The quantitative estimate of drug-likeness (QED) is 0.925. The molecule has 0 aliphatic carbocycles. The van der Waals surface area contributed by atoms with E-state index in [0.717, 1.165) is 15.7 Å². The fourth-order valence-corrected chi connectivity index (χ4v) is 1.92. The van der Waals surface area contributed by atoms with Gasteiger partial charge in [-0.05, 0) is 36.2 Å². The monoisotopic (exact) mass is 266 g/mol. The van der Waals surface area contributed by atoms with Gasteiger partial charge in [0.25, 0.3) is 0 Å². The molecule has 0 aliphatic rings. The molecule has 1 N–H and O–H groups in total. The van der Waals surface area contributed by atoms with E-state index in [2.05, 4.69) is 21.0 Å². The second-order valence-corrected chi connectivity index (χ2v) is 4.11. The Morgan fingerprint density at radius 2 is 2.27 bits per heavy atom. The molecule has 15 heavy (non-hydrogen) atoms. The maximum Gasteiger partial charge on any atom is 0.0679 e. The molecule has 1 heterocycles. The SMILES string of the molecule is OCCc1cc(Br)ccc1-n1cccn1. The lowest BCUT2D eigenvalue weighted by molar-refractivity contribution is 0.299. The predicted octanol–water partition coefficient (Wildman–Crippen LogP) is 2.17. The Labute approximate surface area is 96.5 Å². The van der Waals surface area contributed by atoms with E-state index < -0.39 is 0 Å². The zero-order chi connectivity index (χ0) is 10.7. The van der Waals surface area contributed by atoms with Gasteiger partial charge in [-0.1, -0.05) is 15.9 Å². The van der Waals surface area contributed by atoms with E-state index in [1.165, 1.54) is 0 Å². The molecule has 0 radical (unpaired) electrons. The highest BCUT2D eigenvalue weighted by molar-refractivity contribution is 9.10. The first-order chi connectivity index (χ1) is 7.31. The van der Waals surface area contributed by atoms with Gasteiger partial charge in [-0.2, -0.15) is 5.10 Å². The third kappa shape index (κ3) is 2.27. The summed E-state index contributed by atoms with van der Waals surface area (Å²) < 4.78 is 2.82. The summed E-state index contributed by atoms with van der Waals surface area (Å²) in [6, 6.07) is 7.85. The fourth-order valence-electron chi connectivity index (χ4n) is 1.51. The van der Waals surface area contributed by atoms with Crippen molar-refractivity contribution in [1.82, 2.24) is 9.78 Å². The van der Waals surface area contributed by atoms with E-state index >= 15 is 0 Å². The topological polar surface area (TPSA) is 38.0 Å². The maximum absolute atomic E-state index is 8.99. The molecule has 78 valence electrons. The van der Waals surface area contributed by atoms with Gasteiger partial charge in [-0.25, -0.2) is 4.68 Å². The summed E-state index contributed by atoms with van der Waals surface area (Å²) in [6.07, 6.45) is 4.27. The third-order valence-electron chi connectivity index (χ3n) is 2.17. The molecule has 0 spiro atoms. The van der Waals surface area contributed by atoms with E-state index in [1.54, 1.807) is 10.9 Å². The van der Waals surface area contributed by atoms with Crippen molar-refractivity contribution in [3.8, 4) is 5.69 Å². The van der Waals surface area contributed by atoms with Crippen LogP contribution in [0.1, 0.15) is 5.56 Å². The lowest BCUT2D eigenvalue weighted by atomic mass is 10.1. The van der Waals surface area contributed by atoms with Crippen molar-refractivity contribution in [2.45, 2.75) is 6.42 Å². The zero-order valence-electron chi connectivity index (χ0n) is 8.10. The van der Waals surface area contributed by atoms with Crippen LogP contribution in [-0.4, -0.2) is 21.5 Å². The fraction of sp³-hybridized carbons (Fsp3) is 0.182. The molecule has 1 aromatic heterocycles. The molecule has 0 aliphatic heterocycles. The van der Waals surface area contributed by atoms with Crippen molar-refractivity contribution >= 4 is 15.9 Å². The molecule has 1 aromatic carbocycles. The summed E-state index contributed by atoms with van der Waals surface area (Å²) in [5.74, 6) is 0. The van der Waals surface area contributed by atoms with Crippen LogP contribution >= 0.6 is 15.9 Å². The summed E-state index contributed by atoms with van der Waals surface area (Å²) >= 11 is 3.42. The summed E-state index contributed by atoms with van der Waals surface area (Å²) in [7, 11) is 0. The van der Waals surface area contributed by atoms with E-state index in [-0.39, 0.29) is 6.61 Å². The minimum Gasteiger partial charge on any atom is -0.396 e. The Morgan fingerprint density at radius 1 is 1.40 bits per heavy atom. The first-order valence-electron chi connectivity index (χ1n) is 4.70. The molecule has 0 fully saturated rings. The zero-order valence-corrected chi connectivity index (χ0v) is 9.68. The van der Waals surface area contributed by atoms with Gasteiger partial charge in [-0.3, -0.25) is 0 Å². The molecule has 0 saturated carbocycles. The number of aromatic nitrogens is 2. The number of aliphatic hydroxyl groups excluding tert-OH is 1. The Bertz CT molecular complexity index is 440. The summed E-state index contributed by atoms with van der Waals surface area (Å²) in [4.78, 5) is 0. The standard InChI is InChI=1S/C11H11BrN2O/c12-10-2-3-11(9(8-10)4-7-15)14-6-1-5-13-14/h1-3,5-6,8,15H,4,7H2. The average Bonchev–Trinajstić information content (AvgIpc) is 2.71. The molecule has 2 aromatic rings. The van der Waals surface area contributed by atoms with E-state index in [9.17, 15) is 0 Å². The third-order valence-corrected chi connectivity index (χ3v) is 2.67. The highest BCUT2D eigenvalue weighted by Crippen LogP contribution is 2.19. The van der Waals surface area contributed by atoms with Crippen LogP contribution in [0.3, 0.4) is 0 Å². The summed E-state index contributed by atoms with van der Waals surface area (Å²) in [5.41, 5.74) is 2.09. The van der Waals surface area contributed by atoms with Crippen LogP contribution in [0.5, 0.6) is 0 Å². The molecule has 0 atom stereocenters. The lowest BCUT2D eigenvalue weighted by Gasteiger charge is -2.08. The second-order valence-electron chi connectivity index (χ2n) is 3.20. The van der Waals surface area contributed by atoms with Gasteiger partial charge in [-0.15, -0.1) is 0 Å². The van der Waals surface area contributed by atoms with Crippen molar-refractivity contribution < 1.29 is 5.11 Å². The van der Waals surface area contributed by atoms with Gasteiger partial charge in [0.05, 0.1) is 5.69 Å². The average molecular weight is 267 g/mol. The molecule has 0 saturated heterocycles. The Balaban J connectivity index is 2.46. The predicted molar refractivity (Wildman–Crippen MR) is 62.1 cm³/mol. The smallest absolute Gasteiger partial charge is 0.0679 e. The van der Waals surface area contributed by atoms with Crippen molar-refractivity contribution in [2.75, 3.05) is 6.61 Å².